The molecule has 1 aliphatic rings. The lowest BCUT2D eigenvalue weighted by molar-refractivity contribution is 0.111. The number of piperidine rings is 1. The van der Waals surface area contributed by atoms with Gasteiger partial charge in [0.2, 0.25) is 0 Å². The van der Waals surface area contributed by atoms with Crippen LogP contribution in [0.1, 0.15) is 35.6 Å². The molecule has 0 aliphatic carbocycles. The third-order valence-corrected chi connectivity index (χ3v) is 3.75. The Morgan fingerprint density at radius 3 is 2.79 bits per heavy atom. The van der Waals surface area contributed by atoms with Gasteiger partial charge in [0.1, 0.15) is 5.82 Å². The average molecular weight is 258 g/mol. The first-order chi connectivity index (χ1) is 9.38. The first-order valence-electron chi connectivity index (χ1n) is 6.89. The molecule has 5 heteroatoms. The molecule has 1 aliphatic heterocycles. The Morgan fingerprint density at radius 1 is 1.16 bits per heavy atom. The molecule has 0 amide bonds. The largest absolute Gasteiger partial charge is 0.303 e. The van der Waals surface area contributed by atoms with E-state index in [9.17, 15) is 4.79 Å². The summed E-state index contributed by atoms with van der Waals surface area (Å²) in [6, 6.07) is 5.51. The highest BCUT2D eigenvalue weighted by Crippen LogP contribution is 2.11. The van der Waals surface area contributed by atoms with Gasteiger partial charge in [-0.1, -0.05) is 12.5 Å². The molecule has 0 unspecified atom stereocenters. The summed E-state index contributed by atoms with van der Waals surface area (Å²) in [5.41, 5.74) is 1.37. The van der Waals surface area contributed by atoms with E-state index in [4.69, 9.17) is 0 Å². The van der Waals surface area contributed by atoms with Crippen molar-refractivity contribution in [2.45, 2.75) is 25.7 Å². The number of hydrogen-bond acceptors (Lipinski definition) is 4. The van der Waals surface area contributed by atoms with Gasteiger partial charge in [-0.25, -0.2) is 0 Å². The fourth-order valence-electron chi connectivity index (χ4n) is 2.72. The fraction of sp³-hybridized carbons (Fsp3) is 0.500. The maximum Gasteiger partial charge on any atom is 0.166 e. The summed E-state index contributed by atoms with van der Waals surface area (Å²) >= 11 is 0. The number of nitrogens with zero attached hydrogens (tertiary/aromatic N) is 4. The predicted molar refractivity (Wildman–Crippen MR) is 72.4 cm³/mol. The summed E-state index contributed by atoms with van der Waals surface area (Å²) in [7, 11) is 0. The van der Waals surface area contributed by atoms with Gasteiger partial charge in [0.05, 0.1) is 5.69 Å². The Bertz CT molecular complexity index is 572. The van der Waals surface area contributed by atoms with Crippen LogP contribution < -0.4 is 0 Å². The minimum absolute atomic E-state index is 0.621. The normalized spacial score (nSPS) is 16.8. The van der Waals surface area contributed by atoms with Crippen molar-refractivity contribution in [3.8, 4) is 0 Å². The number of pyridine rings is 1. The first kappa shape index (κ1) is 12.3. The van der Waals surface area contributed by atoms with Gasteiger partial charge in [0.15, 0.2) is 11.9 Å². The van der Waals surface area contributed by atoms with E-state index in [1.54, 1.807) is 6.07 Å². The zero-order valence-electron chi connectivity index (χ0n) is 11.0. The van der Waals surface area contributed by atoms with Crippen molar-refractivity contribution in [1.29, 1.82) is 0 Å². The number of fused-ring (bicyclic) bond motifs is 1. The van der Waals surface area contributed by atoms with Gasteiger partial charge in [0.25, 0.3) is 0 Å². The number of aromatic nitrogens is 3. The molecule has 5 nitrogen and oxygen atoms in total. The van der Waals surface area contributed by atoms with Gasteiger partial charge in [-0.3, -0.25) is 9.20 Å². The summed E-state index contributed by atoms with van der Waals surface area (Å²) in [5, 5.41) is 8.34. The molecule has 1 saturated heterocycles. The maximum atomic E-state index is 11.1. The molecule has 1 fully saturated rings. The van der Waals surface area contributed by atoms with Gasteiger partial charge >= 0.3 is 0 Å². The molecule has 100 valence electrons. The number of rotatable bonds is 4. The van der Waals surface area contributed by atoms with Crippen molar-refractivity contribution >= 4 is 11.9 Å². The lowest BCUT2D eigenvalue weighted by Gasteiger charge is -2.25. The number of aldehydes is 1. The molecule has 3 heterocycles. The van der Waals surface area contributed by atoms with E-state index < -0.39 is 0 Å². The Balaban J connectivity index is 1.78. The van der Waals surface area contributed by atoms with E-state index in [0.29, 0.717) is 5.69 Å². The van der Waals surface area contributed by atoms with Gasteiger partial charge < -0.3 is 4.90 Å². The predicted octanol–water partition coefficient (Wildman–Crippen LogP) is 1.57. The van der Waals surface area contributed by atoms with Gasteiger partial charge in [0, 0.05) is 13.0 Å². The summed E-state index contributed by atoms with van der Waals surface area (Å²) in [5.74, 6) is 0.878. The Hall–Kier alpha value is -1.75. The lowest BCUT2D eigenvalue weighted by Crippen LogP contribution is -2.31. The van der Waals surface area contributed by atoms with Crippen molar-refractivity contribution in [3.05, 3.63) is 29.7 Å². The Kier molecular flexibility index (Phi) is 3.55. The van der Waals surface area contributed by atoms with Crippen molar-refractivity contribution in [2.75, 3.05) is 19.6 Å². The quantitative estimate of drug-likeness (QED) is 0.781. The number of hydrogen-bond donors (Lipinski definition) is 0. The third-order valence-electron chi connectivity index (χ3n) is 3.75. The third kappa shape index (κ3) is 2.51. The standard InChI is InChI=1S/C14H18N4O/c19-11-12-5-4-6-13-15-16-14(18(12)13)7-10-17-8-2-1-3-9-17/h4-6,11H,1-3,7-10H2. The Morgan fingerprint density at radius 2 is 2.00 bits per heavy atom. The Labute approximate surface area is 112 Å². The van der Waals surface area contributed by atoms with Crippen LogP contribution in [0.25, 0.3) is 5.65 Å². The van der Waals surface area contributed by atoms with E-state index in [1.165, 1.54) is 32.4 Å². The van der Waals surface area contributed by atoms with Crippen molar-refractivity contribution < 1.29 is 4.79 Å². The molecular formula is C14H18N4O. The number of carbonyl (C=O) groups is 1. The first-order valence-corrected chi connectivity index (χ1v) is 6.89. The minimum Gasteiger partial charge on any atom is -0.303 e. The van der Waals surface area contributed by atoms with Gasteiger partial charge in [-0.2, -0.15) is 0 Å². The van der Waals surface area contributed by atoms with Crippen LogP contribution in [0.4, 0.5) is 0 Å². The summed E-state index contributed by atoms with van der Waals surface area (Å²) < 4.78 is 1.86. The molecular weight excluding hydrogens is 240 g/mol. The average Bonchev–Trinajstić information content (AvgIpc) is 2.89. The van der Waals surface area contributed by atoms with Crippen LogP contribution in [-0.4, -0.2) is 45.4 Å². The van der Waals surface area contributed by atoms with Crippen molar-refractivity contribution in [2.24, 2.45) is 0 Å². The zero-order valence-corrected chi connectivity index (χ0v) is 11.0. The molecule has 19 heavy (non-hydrogen) atoms. The van der Waals surface area contributed by atoms with E-state index >= 15 is 0 Å². The SMILES string of the molecule is O=Cc1cccc2nnc(CCN3CCCCC3)n12. The molecule has 0 atom stereocenters. The van der Waals surface area contributed by atoms with E-state index in [2.05, 4.69) is 15.1 Å². The van der Waals surface area contributed by atoms with Crippen LogP contribution in [0.5, 0.6) is 0 Å². The van der Waals surface area contributed by atoms with Crippen LogP contribution in [-0.2, 0) is 6.42 Å². The highest BCUT2D eigenvalue weighted by molar-refractivity contribution is 5.73. The van der Waals surface area contributed by atoms with E-state index in [0.717, 1.165) is 30.7 Å². The molecule has 2 aromatic rings. The number of carbonyl (C=O) groups excluding carboxylic acids is 1. The molecule has 3 rings (SSSR count). The van der Waals surface area contributed by atoms with E-state index in [-0.39, 0.29) is 0 Å². The van der Waals surface area contributed by atoms with Crippen molar-refractivity contribution in [3.63, 3.8) is 0 Å². The highest BCUT2D eigenvalue weighted by atomic mass is 16.1. The molecule has 0 aromatic carbocycles. The second kappa shape index (κ2) is 5.48. The molecule has 2 aromatic heterocycles. The maximum absolute atomic E-state index is 11.1. The number of likely N-dealkylation sites (tertiary alicyclic amines) is 1. The summed E-state index contributed by atoms with van der Waals surface area (Å²) in [6.07, 6.45) is 5.63. The molecule has 0 radical (unpaired) electrons. The van der Waals surface area contributed by atoms with E-state index in [1.807, 2.05) is 16.5 Å². The molecule has 0 bridgehead atoms. The minimum atomic E-state index is 0.621. The van der Waals surface area contributed by atoms with Crippen LogP contribution in [0.15, 0.2) is 18.2 Å². The van der Waals surface area contributed by atoms with Gasteiger partial charge in [-0.15, -0.1) is 10.2 Å². The van der Waals surface area contributed by atoms with Crippen LogP contribution >= 0.6 is 0 Å². The van der Waals surface area contributed by atoms with Crippen LogP contribution in [0.3, 0.4) is 0 Å². The molecule has 0 spiro atoms. The van der Waals surface area contributed by atoms with Gasteiger partial charge in [-0.05, 0) is 38.1 Å². The highest BCUT2D eigenvalue weighted by Gasteiger charge is 2.13. The molecule has 0 saturated carbocycles. The lowest BCUT2D eigenvalue weighted by atomic mass is 10.1. The smallest absolute Gasteiger partial charge is 0.166 e. The summed E-state index contributed by atoms with van der Waals surface area (Å²) in [6.45, 7) is 3.35. The molecule has 0 N–H and O–H groups in total. The van der Waals surface area contributed by atoms with Crippen LogP contribution in [0.2, 0.25) is 0 Å². The topological polar surface area (TPSA) is 50.5 Å². The van der Waals surface area contributed by atoms with Crippen LogP contribution in [0, 0.1) is 0 Å². The fourth-order valence-corrected chi connectivity index (χ4v) is 2.72. The monoisotopic (exact) mass is 258 g/mol. The van der Waals surface area contributed by atoms with Crippen molar-refractivity contribution in [1.82, 2.24) is 19.5 Å². The summed E-state index contributed by atoms with van der Waals surface area (Å²) in [4.78, 5) is 13.6. The second-order valence-corrected chi connectivity index (χ2v) is 5.03. The second-order valence-electron chi connectivity index (χ2n) is 5.03. The zero-order chi connectivity index (χ0) is 13.1.